The first kappa shape index (κ1) is 13.9. The highest BCUT2D eigenvalue weighted by atomic mass is 32.2. The second-order valence-electron chi connectivity index (χ2n) is 5.37. The van der Waals surface area contributed by atoms with Gasteiger partial charge < -0.3 is 0 Å². The minimum Gasteiger partial charge on any atom is -0.265 e. The summed E-state index contributed by atoms with van der Waals surface area (Å²) in [6.07, 6.45) is 1.23. The number of hydrogen-bond donors (Lipinski definition) is 0. The van der Waals surface area contributed by atoms with E-state index in [2.05, 4.69) is 32.5 Å². The Labute approximate surface area is 104 Å². The maximum absolute atomic E-state index is 11.3. The standard InChI is InChI=1S/C13H19NO2S/c1-13(2,3)11-6-10(9-17(5,15)16)7-12(8-11)14-4/h6-8H,4,9H2,1-3,5H3. The molecule has 1 aromatic carbocycles. The summed E-state index contributed by atoms with van der Waals surface area (Å²) < 4.78 is 22.6. The molecule has 0 spiro atoms. The highest BCUT2D eigenvalue weighted by Gasteiger charge is 2.16. The molecule has 17 heavy (non-hydrogen) atoms. The Morgan fingerprint density at radius 2 is 1.82 bits per heavy atom. The van der Waals surface area contributed by atoms with E-state index in [0.717, 1.165) is 16.8 Å². The van der Waals surface area contributed by atoms with Crippen LogP contribution >= 0.6 is 0 Å². The monoisotopic (exact) mass is 253 g/mol. The van der Waals surface area contributed by atoms with Gasteiger partial charge >= 0.3 is 0 Å². The van der Waals surface area contributed by atoms with Gasteiger partial charge in [-0.05, 0) is 35.4 Å². The molecule has 4 heteroatoms. The third kappa shape index (κ3) is 4.30. The average molecular weight is 253 g/mol. The molecule has 0 amide bonds. The molecular weight excluding hydrogens is 234 g/mol. The van der Waals surface area contributed by atoms with E-state index in [1.807, 2.05) is 12.1 Å². The van der Waals surface area contributed by atoms with Gasteiger partial charge in [0.15, 0.2) is 9.84 Å². The highest BCUT2D eigenvalue weighted by Crippen LogP contribution is 2.28. The van der Waals surface area contributed by atoms with E-state index in [9.17, 15) is 8.42 Å². The minimum absolute atomic E-state index is 0.0348. The van der Waals surface area contributed by atoms with Gasteiger partial charge in [-0.25, -0.2) is 8.42 Å². The summed E-state index contributed by atoms with van der Waals surface area (Å²) in [5.74, 6) is 0.0411. The zero-order valence-corrected chi connectivity index (χ0v) is 11.6. The van der Waals surface area contributed by atoms with Crippen LogP contribution in [-0.2, 0) is 21.0 Å². The molecule has 0 atom stereocenters. The predicted molar refractivity (Wildman–Crippen MR) is 72.9 cm³/mol. The first-order valence-corrected chi connectivity index (χ1v) is 7.47. The highest BCUT2D eigenvalue weighted by molar-refractivity contribution is 7.89. The summed E-state index contributed by atoms with van der Waals surface area (Å²) in [7, 11) is -3.03. The van der Waals surface area contributed by atoms with Crippen LogP contribution in [0.25, 0.3) is 0 Å². The lowest BCUT2D eigenvalue weighted by atomic mass is 9.86. The molecule has 0 N–H and O–H groups in total. The van der Waals surface area contributed by atoms with Crippen molar-refractivity contribution in [3.63, 3.8) is 0 Å². The van der Waals surface area contributed by atoms with Gasteiger partial charge in [-0.3, -0.25) is 4.99 Å². The quantitative estimate of drug-likeness (QED) is 0.778. The van der Waals surface area contributed by atoms with E-state index >= 15 is 0 Å². The third-order valence-electron chi connectivity index (χ3n) is 2.46. The van der Waals surface area contributed by atoms with Crippen LogP contribution in [-0.4, -0.2) is 21.4 Å². The van der Waals surface area contributed by atoms with Crippen LogP contribution in [0.5, 0.6) is 0 Å². The summed E-state index contributed by atoms with van der Waals surface area (Å²) in [6, 6.07) is 5.64. The maximum Gasteiger partial charge on any atom is 0.151 e. The van der Waals surface area contributed by atoms with Gasteiger partial charge in [-0.15, -0.1) is 0 Å². The van der Waals surface area contributed by atoms with Crippen molar-refractivity contribution in [3.8, 4) is 0 Å². The first-order chi connectivity index (χ1) is 7.62. The fourth-order valence-corrected chi connectivity index (χ4v) is 2.36. The van der Waals surface area contributed by atoms with Crippen molar-refractivity contribution < 1.29 is 8.42 Å². The number of aliphatic imine (C=N–C) groups is 1. The van der Waals surface area contributed by atoms with Gasteiger partial charge in [0, 0.05) is 6.26 Å². The zero-order valence-electron chi connectivity index (χ0n) is 10.8. The van der Waals surface area contributed by atoms with E-state index in [1.54, 1.807) is 6.07 Å². The molecular formula is C13H19NO2S. The Kier molecular flexibility index (Phi) is 3.77. The first-order valence-electron chi connectivity index (χ1n) is 5.41. The molecule has 0 radical (unpaired) electrons. The Balaban J connectivity index is 3.28. The smallest absolute Gasteiger partial charge is 0.151 e. The number of benzene rings is 1. The van der Waals surface area contributed by atoms with Gasteiger partial charge in [0.05, 0.1) is 11.4 Å². The van der Waals surface area contributed by atoms with Crippen LogP contribution in [0.2, 0.25) is 0 Å². The second kappa shape index (κ2) is 4.61. The summed E-state index contributed by atoms with van der Waals surface area (Å²) in [6.45, 7) is 9.74. The number of hydrogen-bond acceptors (Lipinski definition) is 3. The van der Waals surface area contributed by atoms with Crippen LogP contribution in [0, 0.1) is 0 Å². The molecule has 0 saturated carbocycles. The molecule has 0 unspecified atom stereocenters. The molecule has 3 nitrogen and oxygen atoms in total. The molecule has 0 aliphatic carbocycles. The SMILES string of the molecule is C=Nc1cc(CS(C)(=O)=O)cc(C(C)(C)C)c1. The Hall–Kier alpha value is -1.16. The third-order valence-corrected chi connectivity index (χ3v) is 3.31. The van der Waals surface area contributed by atoms with Crippen molar-refractivity contribution in [1.29, 1.82) is 0 Å². The molecule has 0 saturated heterocycles. The van der Waals surface area contributed by atoms with E-state index in [0.29, 0.717) is 0 Å². The molecule has 94 valence electrons. The second-order valence-corrected chi connectivity index (χ2v) is 7.51. The van der Waals surface area contributed by atoms with Gasteiger partial charge in [0.2, 0.25) is 0 Å². The van der Waals surface area contributed by atoms with Crippen LogP contribution in [0.4, 0.5) is 5.69 Å². The van der Waals surface area contributed by atoms with Crippen LogP contribution in [0.3, 0.4) is 0 Å². The van der Waals surface area contributed by atoms with Crippen molar-refractivity contribution in [1.82, 2.24) is 0 Å². The van der Waals surface area contributed by atoms with Crippen molar-refractivity contribution in [3.05, 3.63) is 29.3 Å². The molecule has 0 aliphatic rings. The van der Waals surface area contributed by atoms with Gasteiger partial charge in [0.1, 0.15) is 0 Å². The van der Waals surface area contributed by atoms with Crippen molar-refractivity contribution >= 4 is 22.2 Å². The van der Waals surface area contributed by atoms with Crippen LogP contribution < -0.4 is 0 Å². The maximum atomic E-state index is 11.3. The molecule has 0 bridgehead atoms. The molecule has 0 aromatic heterocycles. The lowest BCUT2D eigenvalue weighted by Crippen LogP contribution is -2.12. The fourth-order valence-electron chi connectivity index (χ4n) is 1.58. The van der Waals surface area contributed by atoms with E-state index in [4.69, 9.17) is 0 Å². The molecule has 0 aliphatic heterocycles. The Bertz CT molecular complexity index is 525. The number of nitrogens with zero attached hydrogens (tertiary/aromatic N) is 1. The normalized spacial score (nSPS) is 12.5. The summed E-state index contributed by atoms with van der Waals surface area (Å²) in [4.78, 5) is 3.89. The van der Waals surface area contributed by atoms with E-state index in [-0.39, 0.29) is 11.2 Å². The van der Waals surface area contributed by atoms with E-state index < -0.39 is 9.84 Å². The largest absolute Gasteiger partial charge is 0.265 e. The Morgan fingerprint density at radius 1 is 1.24 bits per heavy atom. The lowest BCUT2D eigenvalue weighted by Gasteiger charge is -2.20. The van der Waals surface area contributed by atoms with Crippen molar-refractivity contribution in [2.75, 3.05) is 6.26 Å². The Morgan fingerprint density at radius 3 is 2.24 bits per heavy atom. The van der Waals surface area contributed by atoms with E-state index in [1.165, 1.54) is 6.26 Å². The summed E-state index contributed by atoms with van der Waals surface area (Å²) in [5.41, 5.74) is 2.52. The number of rotatable bonds is 3. The van der Waals surface area contributed by atoms with Crippen molar-refractivity contribution in [2.24, 2.45) is 4.99 Å². The predicted octanol–water partition coefficient (Wildman–Crippen LogP) is 2.86. The molecule has 1 aromatic rings. The van der Waals surface area contributed by atoms with Crippen LogP contribution in [0.1, 0.15) is 31.9 Å². The van der Waals surface area contributed by atoms with Gasteiger partial charge in [-0.2, -0.15) is 0 Å². The lowest BCUT2D eigenvalue weighted by molar-refractivity contribution is 0.588. The van der Waals surface area contributed by atoms with Crippen LogP contribution in [0.15, 0.2) is 23.2 Å². The molecule has 0 heterocycles. The van der Waals surface area contributed by atoms with Gasteiger partial charge in [0.25, 0.3) is 0 Å². The molecule has 0 fully saturated rings. The number of sulfone groups is 1. The summed E-state index contributed by atoms with van der Waals surface area (Å²) in [5, 5.41) is 0. The van der Waals surface area contributed by atoms with Gasteiger partial charge in [-0.1, -0.05) is 26.8 Å². The zero-order chi connectivity index (χ0) is 13.3. The fraction of sp³-hybridized carbons (Fsp3) is 0.462. The topological polar surface area (TPSA) is 46.5 Å². The minimum atomic E-state index is -3.03. The van der Waals surface area contributed by atoms with Crippen molar-refractivity contribution in [2.45, 2.75) is 31.9 Å². The summed E-state index contributed by atoms with van der Waals surface area (Å²) >= 11 is 0. The molecule has 1 rings (SSSR count). The average Bonchev–Trinajstić information content (AvgIpc) is 2.13.